The summed E-state index contributed by atoms with van der Waals surface area (Å²) in [6.07, 6.45) is 8.73. The molecule has 29 heavy (non-hydrogen) atoms. The number of methoxy groups -OCH3 is 2. The highest BCUT2D eigenvalue weighted by atomic mass is 16.5. The van der Waals surface area contributed by atoms with E-state index in [1.165, 1.54) is 12.8 Å². The maximum Gasteiger partial charge on any atom is 0.328 e. The predicted molar refractivity (Wildman–Crippen MR) is 110 cm³/mol. The molecule has 2 fully saturated rings. The van der Waals surface area contributed by atoms with Crippen LogP contribution in [-0.4, -0.2) is 50.2 Å². The average Bonchev–Trinajstić information content (AvgIpc) is 3.08. The first-order chi connectivity index (χ1) is 14.1. The Morgan fingerprint density at radius 1 is 0.966 bits per heavy atom. The Balaban J connectivity index is 1.52. The molecule has 0 radical (unpaired) electrons. The van der Waals surface area contributed by atoms with E-state index >= 15 is 0 Å². The molecule has 160 valence electrons. The molecular weight excluding hydrogens is 370 g/mol. The molecule has 1 saturated carbocycles. The molecule has 6 nitrogen and oxygen atoms in total. The molecule has 1 heterocycles. The molecule has 3 rings (SSSR count). The molecule has 1 amide bonds. The Hall–Kier alpha value is -2.24. The van der Waals surface area contributed by atoms with Crippen LogP contribution >= 0.6 is 0 Å². The van der Waals surface area contributed by atoms with E-state index in [0.717, 1.165) is 37.7 Å². The first kappa shape index (κ1) is 21.5. The van der Waals surface area contributed by atoms with Crippen LogP contribution in [0.15, 0.2) is 18.2 Å². The highest BCUT2D eigenvalue weighted by molar-refractivity contribution is 5.86. The third-order valence-electron chi connectivity index (χ3n) is 6.10. The average molecular weight is 404 g/mol. The van der Waals surface area contributed by atoms with Gasteiger partial charge in [0.25, 0.3) is 0 Å². The van der Waals surface area contributed by atoms with Gasteiger partial charge in [-0.1, -0.05) is 31.7 Å². The number of nitrogens with zero attached hydrogens (tertiary/aromatic N) is 1. The van der Waals surface area contributed by atoms with Gasteiger partial charge in [-0.25, -0.2) is 4.79 Å². The summed E-state index contributed by atoms with van der Waals surface area (Å²) >= 11 is 0. The summed E-state index contributed by atoms with van der Waals surface area (Å²) in [7, 11) is 3.20. The highest BCUT2D eigenvalue weighted by Gasteiger charge is 2.37. The number of benzene rings is 1. The van der Waals surface area contributed by atoms with E-state index in [2.05, 4.69) is 0 Å². The largest absolute Gasteiger partial charge is 0.493 e. The fourth-order valence-electron chi connectivity index (χ4n) is 4.44. The van der Waals surface area contributed by atoms with Gasteiger partial charge in [0, 0.05) is 18.9 Å². The smallest absolute Gasteiger partial charge is 0.328 e. The fraction of sp³-hybridized carbons (Fsp3) is 0.652. The van der Waals surface area contributed by atoms with Crippen LogP contribution in [-0.2, 0) is 20.7 Å². The van der Waals surface area contributed by atoms with Crippen molar-refractivity contribution in [3.05, 3.63) is 23.8 Å². The lowest BCUT2D eigenvalue weighted by molar-refractivity contribution is -0.154. The van der Waals surface area contributed by atoms with Gasteiger partial charge in [0.15, 0.2) is 11.5 Å². The second kappa shape index (κ2) is 10.5. The topological polar surface area (TPSA) is 65.1 Å². The van der Waals surface area contributed by atoms with E-state index in [1.54, 1.807) is 19.1 Å². The maximum atomic E-state index is 13.0. The van der Waals surface area contributed by atoms with Crippen LogP contribution in [0.2, 0.25) is 0 Å². The molecule has 1 aromatic rings. The molecule has 1 saturated heterocycles. The zero-order chi connectivity index (χ0) is 20.6. The van der Waals surface area contributed by atoms with Crippen molar-refractivity contribution in [2.75, 3.05) is 27.4 Å². The molecule has 0 unspecified atom stereocenters. The van der Waals surface area contributed by atoms with Crippen molar-refractivity contribution >= 4 is 11.9 Å². The van der Waals surface area contributed by atoms with Crippen LogP contribution in [0.4, 0.5) is 0 Å². The maximum absolute atomic E-state index is 13.0. The van der Waals surface area contributed by atoms with E-state index < -0.39 is 6.04 Å². The number of ether oxygens (including phenoxy) is 3. The van der Waals surface area contributed by atoms with Gasteiger partial charge in [0.05, 0.1) is 20.8 Å². The van der Waals surface area contributed by atoms with Crippen molar-refractivity contribution in [3.8, 4) is 11.5 Å². The lowest BCUT2D eigenvalue weighted by atomic mass is 9.98. The van der Waals surface area contributed by atoms with Gasteiger partial charge in [0.2, 0.25) is 5.91 Å². The zero-order valence-electron chi connectivity index (χ0n) is 17.7. The lowest BCUT2D eigenvalue weighted by Crippen LogP contribution is -2.44. The van der Waals surface area contributed by atoms with E-state index in [-0.39, 0.29) is 24.4 Å². The third kappa shape index (κ3) is 5.43. The van der Waals surface area contributed by atoms with Crippen molar-refractivity contribution in [2.45, 2.75) is 63.8 Å². The number of likely N-dealkylation sites (tertiary alicyclic amines) is 1. The van der Waals surface area contributed by atoms with Crippen molar-refractivity contribution in [3.63, 3.8) is 0 Å². The van der Waals surface area contributed by atoms with Crippen molar-refractivity contribution in [2.24, 2.45) is 5.92 Å². The molecule has 0 N–H and O–H groups in total. The summed E-state index contributed by atoms with van der Waals surface area (Å²) in [6.45, 7) is 0.959. The number of amides is 1. The first-order valence-corrected chi connectivity index (χ1v) is 10.8. The van der Waals surface area contributed by atoms with Crippen LogP contribution in [0.3, 0.4) is 0 Å². The van der Waals surface area contributed by atoms with Crippen LogP contribution in [0.1, 0.15) is 56.9 Å². The van der Waals surface area contributed by atoms with Crippen LogP contribution in [0.25, 0.3) is 0 Å². The Morgan fingerprint density at radius 2 is 1.69 bits per heavy atom. The van der Waals surface area contributed by atoms with Crippen molar-refractivity contribution in [1.82, 2.24) is 4.90 Å². The standard InChI is InChI=1S/C23H33NO5/c1-27-20-12-11-17(16-21(20)28-2)13-15-29-23(26)19-10-7-14-24(19)22(25)18-8-5-3-4-6-9-18/h11-12,16,18-19H,3-10,13-15H2,1-2H3/t19-/m0/s1. The zero-order valence-corrected chi connectivity index (χ0v) is 17.7. The molecule has 1 aliphatic carbocycles. The molecule has 0 aromatic heterocycles. The molecule has 1 aliphatic heterocycles. The normalized spacial score (nSPS) is 20.2. The molecule has 6 heteroatoms. The van der Waals surface area contributed by atoms with Gasteiger partial charge in [0.1, 0.15) is 6.04 Å². The number of rotatable bonds is 7. The number of carbonyl (C=O) groups is 2. The summed E-state index contributed by atoms with van der Waals surface area (Å²) in [5, 5.41) is 0. The summed E-state index contributed by atoms with van der Waals surface area (Å²) < 4.78 is 16.1. The van der Waals surface area contributed by atoms with E-state index in [9.17, 15) is 9.59 Å². The van der Waals surface area contributed by atoms with Gasteiger partial charge in [-0.3, -0.25) is 4.79 Å². The van der Waals surface area contributed by atoms with E-state index in [0.29, 0.717) is 30.9 Å². The summed E-state index contributed by atoms with van der Waals surface area (Å²) in [5.74, 6) is 1.30. The second-order valence-corrected chi connectivity index (χ2v) is 7.98. The van der Waals surface area contributed by atoms with Gasteiger partial charge in [-0.15, -0.1) is 0 Å². The van der Waals surface area contributed by atoms with E-state index in [4.69, 9.17) is 14.2 Å². The number of hydrogen-bond donors (Lipinski definition) is 0. The quantitative estimate of drug-likeness (QED) is 0.512. The predicted octanol–water partition coefficient (Wildman–Crippen LogP) is 3.75. The minimum Gasteiger partial charge on any atom is -0.493 e. The molecular formula is C23H33NO5. The summed E-state index contributed by atoms with van der Waals surface area (Å²) in [6, 6.07) is 5.26. The van der Waals surface area contributed by atoms with Gasteiger partial charge in [-0.05, 0) is 43.4 Å². The van der Waals surface area contributed by atoms with Gasteiger partial charge < -0.3 is 19.1 Å². The Labute approximate surface area is 173 Å². The number of hydrogen-bond acceptors (Lipinski definition) is 5. The second-order valence-electron chi connectivity index (χ2n) is 7.98. The molecule has 2 aliphatic rings. The third-order valence-corrected chi connectivity index (χ3v) is 6.10. The van der Waals surface area contributed by atoms with Crippen molar-refractivity contribution in [1.29, 1.82) is 0 Å². The van der Waals surface area contributed by atoms with Crippen molar-refractivity contribution < 1.29 is 23.8 Å². The summed E-state index contributed by atoms with van der Waals surface area (Å²) in [5.41, 5.74) is 1.01. The Morgan fingerprint density at radius 3 is 2.38 bits per heavy atom. The molecule has 0 spiro atoms. The number of carbonyl (C=O) groups excluding carboxylic acids is 2. The lowest BCUT2D eigenvalue weighted by Gasteiger charge is -2.27. The van der Waals surface area contributed by atoms with E-state index in [1.807, 2.05) is 18.2 Å². The fourth-order valence-corrected chi connectivity index (χ4v) is 4.44. The first-order valence-electron chi connectivity index (χ1n) is 10.8. The minimum absolute atomic E-state index is 0.0812. The highest BCUT2D eigenvalue weighted by Crippen LogP contribution is 2.29. The Kier molecular flexibility index (Phi) is 7.78. The summed E-state index contributed by atoms with van der Waals surface area (Å²) in [4.78, 5) is 27.4. The molecule has 1 aromatic carbocycles. The van der Waals surface area contributed by atoms with Crippen LogP contribution in [0, 0.1) is 5.92 Å². The molecule has 0 bridgehead atoms. The van der Waals surface area contributed by atoms with Gasteiger partial charge >= 0.3 is 5.97 Å². The monoisotopic (exact) mass is 403 g/mol. The van der Waals surface area contributed by atoms with Gasteiger partial charge in [-0.2, -0.15) is 0 Å². The SMILES string of the molecule is COc1ccc(CCOC(=O)[C@@H]2CCCN2C(=O)C2CCCCCC2)cc1OC. The minimum atomic E-state index is -0.420. The number of esters is 1. The Bertz CT molecular complexity index is 697. The van der Waals surface area contributed by atoms with Crippen LogP contribution in [0.5, 0.6) is 11.5 Å². The molecule has 1 atom stereocenters. The van der Waals surface area contributed by atoms with Crippen LogP contribution < -0.4 is 9.47 Å².